The molecule has 0 aromatic carbocycles. The molecule has 90 valence electrons. The van der Waals surface area contributed by atoms with E-state index in [0.717, 1.165) is 36.2 Å². The number of methoxy groups -OCH3 is 1. The number of nitrogens with one attached hydrogen (secondary N) is 1. The molecule has 0 fully saturated rings. The Morgan fingerprint density at radius 3 is 2.94 bits per heavy atom. The van der Waals surface area contributed by atoms with E-state index in [1.807, 2.05) is 0 Å². The maximum atomic E-state index is 5.59. The number of ether oxygens (including phenoxy) is 1. The van der Waals surface area contributed by atoms with Crippen molar-refractivity contribution in [3.63, 3.8) is 0 Å². The van der Waals surface area contributed by atoms with Crippen molar-refractivity contribution in [1.29, 1.82) is 0 Å². The van der Waals surface area contributed by atoms with Crippen LogP contribution in [0, 0.1) is 0 Å². The first-order chi connectivity index (χ1) is 7.77. The fourth-order valence-corrected chi connectivity index (χ4v) is 1.72. The summed E-state index contributed by atoms with van der Waals surface area (Å²) in [5.74, 6) is 1.85. The number of aromatic nitrogens is 2. The summed E-state index contributed by atoms with van der Waals surface area (Å²) in [5.41, 5.74) is 0. The predicted octanol–water partition coefficient (Wildman–Crippen LogP) is 3.07. The number of unbranched alkanes of at least 4 members (excludes halogenated alkanes) is 2. The lowest BCUT2D eigenvalue weighted by molar-refractivity contribution is 0.394. The topological polar surface area (TPSA) is 47.0 Å². The Bertz CT molecular complexity index is 325. The molecule has 0 amide bonds. The quantitative estimate of drug-likeness (QED) is 0.621. The third kappa shape index (κ3) is 4.53. The molecule has 0 spiro atoms. The van der Waals surface area contributed by atoms with Gasteiger partial charge in [-0.1, -0.05) is 6.42 Å². The van der Waals surface area contributed by atoms with Crippen LogP contribution < -0.4 is 10.1 Å². The molecule has 16 heavy (non-hydrogen) atoms. The molecule has 4 nitrogen and oxygen atoms in total. The zero-order valence-corrected chi connectivity index (χ0v) is 11.5. The molecule has 1 aromatic rings. The van der Waals surface area contributed by atoms with Crippen LogP contribution in [0.25, 0.3) is 0 Å². The number of nitrogens with zero attached hydrogens (tertiary/aromatic N) is 2. The van der Waals surface area contributed by atoms with Gasteiger partial charge in [-0.05, 0) is 28.8 Å². The Morgan fingerprint density at radius 1 is 1.44 bits per heavy atom. The highest BCUT2D eigenvalue weighted by atomic mass is 79.9. The Kier molecular flexibility index (Phi) is 6.49. The number of halogens is 2. The summed E-state index contributed by atoms with van der Waals surface area (Å²) in [4.78, 5) is 8.32. The van der Waals surface area contributed by atoms with Crippen LogP contribution in [-0.2, 0) is 0 Å². The molecular formula is C10H15BrClN3O. The lowest BCUT2D eigenvalue weighted by Gasteiger charge is -2.06. The summed E-state index contributed by atoms with van der Waals surface area (Å²) in [6.45, 7) is 0.849. The molecule has 0 atom stereocenters. The minimum atomic E-state index is 0.540. The van der Waals surface area contributed by atoms with Crippen LogP contribution in [0.15, 0.2) is 10.7 Å². The maximum absolute atomic E-state index is 5.59. The molecule has 0 saturated carbocycles. The van der Waals surface area contributed by atoms with Crippen LogP contribution in [0.5, 0.6) is 5.88 Å². The number of alkyl halides is 1. The predicted molar refractivity (Wildman–Crippen MR) is 69.3 cm³/mol. The lowest BCUT2D eigenvalue weighted by atomic mass is 10.2. The second-order valence-electron chi connectivity index (χ2n) is 3.23. The van der Waals surface area contributed by atoms with Crippen molar-refractivity contribution < 1.29 is 4.74 Å². The van der Waals surface area contributed by atoms with Crippen molar-refractivity contribution in [3.05, 3.63) is 10.7 Å². The molecule has 0 saturated heterocycles. The van der Waals surface area contributed by atoms with Gasteiger partial charge in [0.15, 0.2) is 0 Å². The highest BCUT2D eigenvalue weighted by Crippen LogP contribution is 2.21. The zero-order chi connectivity index (χ0) is 11.8. The van der Waals surface area contributed by atoms with Gasteiger partial charge >= 0.3 is 0 Å². The fourth-order valence-electron chi connectivity index (χ4n) is 1.18. The summed E-state index contributed by atoms with van der Waals surface area (Å²) < 4.78 is 5.83. The van der Waals surface area contributed by atoms with E-state index in [1.165, 1.54) is 0 Å². The van der Waals surface area contributed by atoms with Gasteiger partial charge in [0.1, 0.15) is 0 Å². The Hall–Kier alpha value is -0.550. The van der Waals surface area contributed by atoms with E-state index in [9.17, 15) is 0 Å². The molecule has 0 radical (unpaired) electrons. The van der Waals surface area contributed by atoms with Crippen LogP contribution in [0.4, 0.5) is 5.95 Å². The van der Waals surface area contributed by atoms with E-state index < -0.39 is 0 Å². The average Bonchev–Trinajstić information content (AvgIpc) is 2.31. The molecule has 1 aromatic heterocycles. The molecule has 0 aliphatic carbocycles. The Labute approximate surface area is 109 Å². The highest BCUT2D eigenvalue weighted by Gasteiger charge is 2.03. The monoisotopic (exact) mass is 307 g/mol. The second-order valence-corrected chi connectivity index (χ2v) is 4.46. The molecular weight excluding hydrogens is 293 g/mol. The van der Waals surface area contributed by atoms with Crippen LogP contribution in [0.2, 0.25) is 0 Å². The van der Waals surface area contributed by atoms with Gasteiger partial charge in [0.05, 0.1) is 17.8 Å². The number of anilines is 1. The van der Waals surface area contributed by atoms with E-state index >= 15 is 0 Å². The molecule has 0 aliphatic heterocycles. The molecule has 0 unspecified atom stereocenters. The Morgan fingerprint density at radius 2 is 2.25 bits per heavy atom. The fraction of sp³-hybridized carbons (Fsp3) is 0.600. The molecule has 1 N–H and O–H groups in total. The van der Waals surface area contributed by atoms with E-state index in [1.54, 1.807) is 13.3 Å². The number of rotatable bonds is 7. The average molecular weight is 309 g/mol. The highest BCUT2D eigenvalue weighted by molar-refractivity contribution is 9.10. The normalized spacial score (nSPS) is 10.2. The summed E-state index contributed by atoms with van der Waals surface area (Å²) >= 11 is 8.89. The second kappa shape index (κ2) is 7.68. The maximum Gasteiger partial charge on any atom is 0.232 e. The van der Waals surface area contributed by atoms with Crippen molar-refractivity contribution in [2.45, 2.75) is 19.3 Å². The largest absolute Gasteiger partial charge is 0.480 e. The van der Waals surface area contributed by atoms with Gasteiger partial charge in [-0.25, -0.2) is 4.98 Å². The van der Waals surface area contributed by atoms with Gasteiger partial charge in [0, 0.05) is 12.4 Å². The van der Waals surface area contributed by atoms with Crippen LogP contribution in [0.3, 0.4) is 0 Å². The molecule has 0 bridgehead atoms. The molecule has 1 rings (SSSR count). The van der Waals surface area contributed by atoms with Gasteiger partial charge in [0.25, 0.3) is 0 Å². The van der Waals surface area contributed by atoms with E-state index in [0.29, 0.717) is 11.8 Å². The van der Waals surface area contributed by atoms with Gasteiger partial charge in [0.2, 0.25) is 11.8 Å². The smallest absolute Gasteiger partial charge is 0.232 e. The van der Waals surface area contributed by atoms with Crippen LogP contribution in [-0.4, -0.2) is 29.5 Å². The van der Waals surface area contributed by atoms with Gasteiger partial charge in [-0.15, -0.1) is 11.6 Å². The van der Waals surface area contributed by atoms with Crippen LogP contribution >= 0.6 is 27.5 Å². The van der Waals surface area contributed by atoms with Crippen molar-refractivity contribution in [2.24, 2.45) is 0 Å². The zero-order valence-electron chi connectivity index (χ0n) is 9.17. The minimum absolute atomic E-state index is 0.540. The summed E-state index contributed by atoms with van der Waals surface area (Å²) in [5, 5.41) is 3.14. The third-order valence-electron chi connectivity index (χ3n) is 2.00. The number of hydrogen-bond acceptors (Lipinski definition) is 4. The first-order valence-electron chi connectivity index (χ1n) is 5.14. The van der Waals surface area contributed by atoms with Crippen molar-refractivity contribution in [1.82, 2.24) is 9.97 Å². The first-order valence-corrected chi connectivity index (χ1v) is 6.47. The Balaban J connectivity index is 2.36. The van der Waals surface area contributed by atoms with Crippen LogP contribution in [0.1, 0.15) is 19.3 Å². The molecule has 6 heteroatoms. The SMILES string of the molecule is COc1nc(NCCCCCCl)ncc1Br. The summed E-state index contributed by atoms with van der Waals surface area (Å²) in [7, 11) is 1.58. The van der Waals surface area contributed by atoms with Gasteiger partial charge in [-0.3, -0.25) is 0 Å². The first kappa shape index (κ1) is 13.5. The lowest BCUT2D eigenvalue weighted by Crippen LogP contribution is -2.06. The minimum Gasteiger partial charge on any atom is -0.480 e. The van der Waals surface area contributed by atoms with Gasteiger partial charge in [-0.2, -0.15) is 4.98 Å². The van der Waals surface area contributed by atoms with E-state index in [4.69, 9.17) is 16.3 Å². The summed E-state index contributed by atoms with van der Waals surface area (Å²) in [6, 6.07) is 0. The number of hydrogen-bond donors (Lipinski definition) is 1. The standard InChI is InChI=1S/C10H15BrClN3O/c1-16-9-8(11)7-14-10(15-9)13-6-4-2-3-5-12/h7H,2-6H2,1H3,(H,13,14,15). The third-order valence-corrected chi connectivity index (χ3v) is 2.81. The van der Waals surface area contributed by atoms with E-state index in [2.05, 4.69) is 31.2 Å². The van der Waals surface area contributed by atoms with Crippen molar-refractivity contribution >= 4 is 33.5 Å². The van der Waals surface area contributed by atoms with Gasteiger partial charge < -0.3 is 10.1 Å². The van der Waals surface area contributed by atoms with Crippen molar-refractivity contribution in [3.8, 4) is 5.88 Å². The van der Waals surface area contributed by atoms with Crippen molar-refractivity contribution in [2.75, 3.05) is 24.9 Å². The molecule has 1 heterocycles. The summed E-state index contributed by atoms with van der Waals surface area (Å²) in [6.07, 6.45) is 4.90. The molecule has 0 aliphatic rings. The van der Waals surface area contributed by atoms with E-state index in [-0.39, 0.29) is 0 Å².